The molecule has 5 nitrogen and oxygen atoms in total. The fraction of sp³-hybridized carbons (Fsp3) is 0.667. The lowest BCUT2D eigenvalue weighted by Crippen LogP contribution is -2.53. The predicted molar refractivity (Wildman–Crippen MR) is 102 cm³/mol. The number of ether oxygens (including phenoxy) is 2. The van der Waals surface area contributed by atoms with Crippen LogP contribution in [0.4, 0.5) is 4.79 Å². The SMILES string of the molecule is CC(C)(C)OC(=O)N1[C@@H]2CN(Cc3ccccc3)CCC[C@H]2OC1(C)C. The highest BCUT2D eigenvalue weighted by molar-refractivity contribution is 5.70. The second-order valence-electron chi connectivity index (χ2n) is 8.88. The number of amides is 1. The normalized spacial score (nSPS) is 26.3. The molecule has 2 aliphatic rings. The molecule has 26 heavy (non-hydrogen) atoms. The molecule has 0 saturated carbocycles. The van der Waals surface area contributed by atoms with Crippen LogP contribution in [-0.2, 0) is 16.0 Å². The first kappa shape index (κ1) is 19.2. The van der Waals surface area contributed by atoms with Gasteiger partial charge < -0.3 is 9.47 Å². The Morgan fingerprint density at radius 3 is 2.62 bits per heavy atom. The molecule has 2 fully saturated rings. The van der Waals surface area contributed by atoms with Crippen LogP contribution in [0.25, 0.3) is 0 Å². The number of rotatable bonds is 2. The Morgan fingerprint density at radius 1 is 1.27 bits per heavy atom. The number of nitrogens with zero attached hydrogens (tertiary/aromatic N) is 2. The van der Waals surface area contributed by atoms with E-state index in [1.807, 2.05) is 45.6 Å². The monoisotopic (exact) mass is 360 g/mol. The van der Waals surface area contributed by atoms with Crippen LogP contribution in [0.1, 0.15) is 53.0 Å². The van der Waals surface area contributed by atoms with E-state index >= 15 is 0 Å². The van der Waals surface area contributed by atoms with Gasteiger partial charge in [-0.3, -0.25) is 9.80 Å². The second kappa shape index (κ2) is 7.20. The summed E-state index contributed by atoms with van der Waals surface area (Å²) in [6.45, 7) is 12.4. The standard InChI is InChI=1S/C21H32N2O3/c1-20(2,3)26-19(24)23-17-15-22(14-16-10-7-6-8-11-16)13-9-12-18(17)25-21(23,4)5/h6-8,10-11,17-18H,9,12-15H2,1-5H3/t17-,18-/m1/s1. The summed E-state index contributed by atoms with van der Waals surface area (Å²) in [6, 6.07) is 10.5. The quantitative estimate of drug-likeness (QED) is 0.799. The van der Waals surface area contributed by atoms with Gasteiger partial charge in [-0.05, 0) is 59.6 Å². The van der Waals surface area contributed by atoms with E-state index in [2.05, 4.69) is 29.2 Å². The molecule has 2 saturated heterocycles. The largest absolute Gasteiger partial charge is 0.444 e. The minimum Gasteiger partial charge on any atom is -0.444 e. The summed E-state index contributed by atoms with van der Waals surface area (Å²) < 4.78 is 12.0. The second-order valence-corrected chi connectivity index (χ2v) is 8.88. The smallest absolute Gasteiger partial charge is 0.412 e. The van der Waals surface area contributed by atoms with Crippen molar-refractivity contribution >= 4 is 6.09 Å². The van der Waals surface area contributed by atoms with Gasteiger partial charge in [0.05, 0.1) is 12.1 Å². The summed E-state index contributed by atoms with van der Waals surface area (Å²) in [7, 11) is 0. The third kappa shape index (κ3) is 4.38. The van der Waals surface area contributed by atoms with Gasteiger partial charge in [0.15, 0.2) is 0 Å². The van der Waals surface area contributed by atoms with Crippen molar-refractivity contribution in [1.29, 1.82) is 0 Å². The first-order valence-corrected chi connectivity index (χ1v) is 9.62. The summed E-state index contributed by atoms with van der Waals surface area (Å²) in [4.78, 5) is 17.2. The maximum absolute atomic E-state index is 12.9. The summed E-state index contributed by atoms with van der Waals surface area (Å²) >= 11 is 0. The molecule has 0 N–H and O–H groups in total. The zero-order chi connectivity index (χ0) is 18.9. The van der Waals surface area contributed by atoms with Gasteiger partial charge in [-0.1, -0.05) is 30.3 Å². The molecule has 1 amide bonds. The molecule has 144 valence electrons. The number of likely N-dealkylation sites (tertiary alicyclic amines) is 1. The molecule has 0 aromatic heterocycles. The zero-order valence-corrected chi connectivity index (χ0v) is 16.7. The Bertz CT molecular complexity index is 624. The maximum Gasteiger partial charge on any atom is 0.412 e. The number of carbonyl (C=O) groups is 1. The Morgan fingerprint density at radius 2 is 1.96 bits per heavy atom. The Labute approximate surface area is 157 Å². The molecule has 1 aromatic rings. The molecule has 0 bridgehead atoms. The average molecular weight is 360 g/mol. The Hall–Kier alpha value is -1.59. The average Bonchev–Trinajstić information content (AvgIpc) is 2.63. The van der Waals surface area contributed by atoms with Crippen molar-refractivity contribution < 1.29 is 14.3 Å². The van der Waals surface area contributed by atoms with Crippen LogP contribution in [0.2, 0.25) is 0 Å². The number of carbonyl (C=O) groups excluding carboxylic acids is 1. The lowest BCUT2D eigenvalue weighted by molar-refractivity contribution is -0.0812. The van der Waals surface area contributed by atoms with Gasteiger partial charge in [0, 0.05) is 13.1 Å². The van der Waals surface area contributed by atoms with Gasteiger partial charge >= 0.3 is 6.09 Å². The molecular formula is C21H32N2O3. The number of fused-ring (bicyclic) bond motifs is 1. The summed E-state index contributed by atoms with van der Waals surface area (Å²) in [5.74, 6) is 0. The molecular weight excluding hydrogens is 328 g/mol. The molecule has 2 heterocycles. The van der Waals surface area contributed by atoms with Gasteiger partial charge in [-0.25, -0.2) is 4.79 Å². The molecule has 2 atom stereocenters. The van der Waals surface area contributed by atoms with Crippen LogP contribution in [0, 0.1) is 0 Å². The first-order valence-electron chi connectivity index (χ1n) is 9.62. The van der Waals surface area contributed by atoms with Crippen molar-refractivity contribution in [3.05, 3.63) is 35.9 Å². The summed E-state index contributed by atoms with van der Waals surface area (Å²) in [6.07, 6.45) is 1.83. The van der Waals surface area contributed by atoms with E-state index in [0.717, 1.165) is 32.5 Å². The van der Waals surface area contributed by atoms with Crippen LogP contribution in [-0.4, -0.2) is 52.5 Å². The van der Waals surface area contributed by atoms with Gasteiger partial charge in [0.2, 0.25) is 0 Å². The van der Waals surface area contributed by atoms with E-state index < -0.39 is 11.3 Å². The Kier molecular flexibility index (Phi) is 5.31. The lowest BCUT2D eigenvalue weighted by atomic mass is 10.1. The predicted octanol–water partition coefficient (Wildman–Crippen LogP) is 4.02. The minimum atomic E-state index is -0.645. The number of benzene rings is 1. The zero-order valence-electron chi connectivity index (χ0n) is 16.7. The molecule has 5 heteroatoms. The first-order chi connectivity index (χ1) is 12.2. The third-order valence-corrected chi connectivity index (χ3v) is 5.03. The van der Waals surface area contributed by atoms with Crippen LogP contribution in [0.15, 0.2) is 30.3 Å². The van der Waals surface area contributed by atoms with E-state index in [1.54, 1.807) is 0 Å². The summed E-state index contributed by atoms with van der Waals surface area (Å²) in [5, 5.41) is 0. The van der Waals surface area contributed by atoms with Gasteiger partial charge in [-0.2, -0.15) is 0 Å². The van der Waals surface area contributed by atoms with Crippen molar-refractivity contribution in [2.75, 3.05) is 13.1 Å². The van der Waals surface area contributed by atoms with Crippen molar-refractivity contribution in [3.63, 3.8) is 0 Å². The molecule has 0 radical (unpaired) electrons. The van der Waals surface area contributed by atoms with Crippen LogP contribution >= 0.6 is 0 Å². The van der Waals surface area contributed by atoms with E-state index in [0.29, 0.717) is 0 Å². The highest BCUT2D eigenvalue weighted by atomic mass is 16.6. The van der Waals surface area contributed by atoms with Crippen LogP contribution < -0.4 is 0 Å². The van der Waals surface area contributed by atoms with Crippen molar-refractivity contribution in [1.82, 2.24) is 9.80 Å². The van der Waals surface area contributed by atoms with E-state index in [-0.39, 0.29) is 18.2 Å². The van der Waals surface area contributed by atoms with Crippen molar-refractivity contribution in [3.8, 4) is 0 Å². The summed E-state index contributed by atoms with van der Waals surface area (Å²) in [5.41, 5.74) is 0.139. The third-order valence-electron chi connectivity index (χ3n) is 5.03. The van der Waals surface area contributed by atoms with Crippen molar-refractivity contribution in [2.45, 2.75) is 77.5 Å². The lowest BCUT2D eigenvalue weighted by Gasteiger charge is -2.36. The van der Waals surface area contributed by atoms with Crippen LogP contribution in [0.5, 0.6) is 0 Å². The number of hydrogen-bond donors (Lipinski definition) is 0. The Balaban J connectivity index is 1.78. The molecule has 2 aliphatic heterocycles. The number of hydrogen-bond acceptors (Lipinski definition) is 4. The molecule has 0 unspecified atom stereocenters. The van der Waals surface area contributed by atoms with Gasteiger partial charge in [-0.15, -0.1) is 0 Å². The molecule has 3 rings (SSSR count). The van der Waals surface area contributed by atoms with Gasteiger partial charge in [0.25, 0.3) is 0 Å². The molecule has 0 aliphatic carbocycles. The molecule has 1 aromatic carbocycles. The van der Waals surface area contributed by atoms with Crippen molar-refractivity contribution in [2.24, 2.45) is 0 Å². The fourth-order valence-electron chi connectivity index (χ4n) is 4.05. The minimum absolute atomic E-state index is 0.0195. The highest BCUT2D eigenvalue weighted by Gasteiger charge is 2.51. The van der Waals surface area contributed by atoms with Gasteiger partial charge in [0.1, 0.15) is 11.3 Å². The fourth-order valence-corrected chi connectivity index (χ4v) is 4.05. The maximum atomic E-state index is 12.9. The highest BCUT2D eigenvalue weighted by Crippen LogP contribution is 2.37. The van der Waals surface area contributed by atoms with E-state index in [1.165, 1.54) is 5.56 Å². The van der Waals surface area contributed by atoms with E-state index in [9.17, 15) is 4.79 Å². The topological polar surface area (TPSA) is 42.0 Å². The van der Waals surface area contributed by atoms with E-state index in [4.69, 9.17) is 9.47 Å². The van der Waals surface area contributed by atoms with Crippen LogP contribution in [0.3, 0.4) is 0 Å². The molecule has 0 spiro atoms.